The van der Waals surface area contributed by atoms with Gasteiger partial charge in [-0.15, -0.1) is 0 Å². The van der Waals surface area contributed by atoms with Gasteiger partial charge in [0.05, 0.1) is 28.1 Å². The summed E-state index contributed by atoms with van der Waals surface area (Å²) in [5.41, 5.74) is 15.5. The Bertz CT molecular complexity index is 3140. The first-order chi connectivity index (χ1) is 27.8. The summed E-state index contributed by atoms with van der Waals surface area (Å²) in [6.45, 7) is 0. The number of rotatable bonds is 6. The van der Waals surface area contributed by atoms with Gasteiger partial charge in [-0.2, -0.15) is 0 Å². The predicted molar refractivity (Wildman–Crippen MR) is 235 cm³/mol. The standard InChI is InChI=1S/C53H37N3/c1-3-13-36(14-4-1)37-25-27-38(28-26-37)48-21-12-22-49(54-48)41-15-11-18-43(33-41)56-51-24-10-8-20-45(51)47-34-39(30-32-52(47)56)40-29-31-46-44-19-7-9-23-50(44)55(53(46)35-40)42-16-5-2-6-17-42/h1-35,48,54H. The Kier molecular flexibility index (Phi) is 7.56. The molecular weight excluding hydrogens is 679 g/mol. The predicted octanol–water partition coefficient (Wildman–Crippen LogP) is 13.5. The van der Waals surface area contributed by atoms with E-state index in [9.17, 15) is 0 Å². The van der Waals surface area contributed by atoms with Crippen LogP contribution in [0.15, 0.2) is 212 Å². The third-order valence-electron chi connectivity index (χ3n) is 11.4. The molecule has 0 bridgehead atoms. The van der Waals surface area contributed by atoms with Gasteiger partial charge in [0.15, 0.2) is 0 Å². The van der Waals surface area contributed by atoms with E-state index in [2.05, 4.69) is 227 Å². The Balaban J connectivity index is 0.960. The van der Waals surface area contributed by atoms with Crippen molar-refractivity contribution in [1.29, 1.82) is 0 Å². The third kappa shape index (κ3) is 5.36. The maximum absolute atomic E-state index is 3.82. The van der Waals surface area contributed by atoms with Crippen molar-refractivity contribution in [1.82, 2.24) is 14.5 Å². The zero-order chi connectivity index (χ0) is 37.0. The van der Waals surface area contributed by atoms with Crippen molar-refractivity contribution in [2.75, 3.05) is 0 Å². The first-order valence-electron chi connectivity index (χ1n) is 19.3. The van der Waals surface area contributed by atoms with Crippen LogP contribution in [0.1, 0.15) is 17.2 Å². The quantitative estimate of drug-likeness (QED) is 0.182. The van der Waals surface area contributed by atoms with Gasteiger partial charge in [-0.25, -0.2) is 0 Å². The van der Waals surface area contributed by atoms with E-state index in [1.165, 1.54) is 77.1 Å². The minimum Gasteiger partial charge on any atom is -0.374 e. The molecule has 0 amide bonds. The van der Waals surface area contributed by atoms with E-state index in [0.717, 1.165) is 16.9 Å². The van der Waals surface area contributed by atoms with E-state index < -0.39 is 0 Å². The molecule has 1 aliphatic rings. The molecule has 264 valence electrons. The minimum atomic E-state index is 0.0864. The van der Waals surface area contributed by atoms with E-state index in [1.807, 2.05) is 0 Å². The van der Waals surface area contributed by atoms with Crippen molar-refractivity contribution in [2.45, 2.75) is 6.04 Å². The first-order valence-corrected chi connectivity index (χ1v) is 19.3. The van der Waals surface area contributed by atoms with Gasteiger partial charge in [0, 0.05) is 38.6 Å². The zero-order valence-corrected chi connectivity index (χ0v) is 30.7. The van der Waals surface area contributed by atoms with Crippen LogP contribution in [0.5, 0.6) is 0 Å². The average Bonchev–Trinajstić information content (AvgIpc) is 3.79. The van der Waals surface area contributed by atoms with Gasteiger partial charge < -0.3 is 14.5 Å². The Morgan fingerprint density at radius 3 is 1.70 bits per heavy atom. The van der Waals surface area contributed by atoms with Gasteiger partial charge >= 0.3 is 0 Å². The second-order valence-corrected chi connectivity index (χ2v) is 14.6. The summed E-state index contributed by atoms with van der Waals surface area (Å²) in [4.78, 5) is 0. The molecule has 2 aromatic heterocycles. The lowest BCUT2D eigenvalue weighted by Gasteiger charge is -2.23. The molecule has 0 aliphatic carbocycles. The van der Waals surface area contributed by atoms with Gasteiger partial charge in [-0.1, -0.05) is 152 Å². The fourth-order valence-corrected chi connectivity index (χ4v) is 8.66. The van der Waals surface area contributed by atoms with Gasteiger partial charge in [0.25, 0.3) is 0 Å². The molecule has 0 saturated heterocycles. The Morgan fingerprint density at radius 2 is 0.911 bits per heavy atom. The number of benzene rings is 8. The van der Waals surface area contributed by atoms with Crippen molar-refractivity contribution >= 4 is 49.3 Å². The highest BCUT2D eigenvalue weighted by Gasteiger charge is 2.18. The van der Waals surface area contributed by atoms with Crippen molar-refractivity contribution in [2.24, 2.45) is 0 Å². The molecule has 10 aromatic rings. The summed E-state index contributed by atoms with van der Waals surface area (Å²) in [6.07, 6.45) is 6.58. The van der Waals surface area contributed by atoms with E-state index in [1.54, 1.807) is 0 Å². The summed E-state index contributed by atoms with van der Waals surface area (Å²) >= 11 is 0. The largest absolute Gasteiger partial charge is 0.374 e. The Hall–Kier alpha value is -7.36. The molecule has 0 spiro atoms. The molecule has 3 heteroatoms. The van der Waals surface area contributed by atoms with Crippen LogP contribution in [0.4, 0.5) is 0 Å². The lowest BCUT2D eigenvalue weighted by atomic mass is 9.98. The average molecular weight is 716 g/mol. The molecule has 1 atom stereocenters. The number of allylic oxidation sites excluding steroid dienone is 2. The van der Waals surface area contributed by atoms with E-state index in [0.29, 0.717) is 0 Å². The second-order valence-electron chi connectivity index (χ2n) is 14.6. The minimum absolute atomic E-state index is 0.0864. The molecule has 1 N–H and O–H groups in total. The molecule has 0 radical (unpaired) electrons. The van der Waals surface area contributed by atoms with Crippen LogP contribution in [-0.4, -0.2) is 9.13 Å². The topological polar surface area (TPSA) is 21.9 Å². The van der Waals surface area contributed by atoms with Crippen LogP contribution < -0.4 is 5.32 Å². The smallest absolute Gasteiger partial charge is 0.0701 e. The number of dihydropyridines is 1. The third-order valence-corrected chi connectivity index (χ3v) is 11.4. The summed E-state index contributed by atoms with van der Waals surface area (Å²) in [5, 5.41) is 8.82. The van der Waals surface area contributed by atoms with Gasteiger partial charge in [-0.3, -0.25) is 0 Å². The normalized spacial score (nSPS) is 14.1. The second kappa shape index (κ2) is 13.2. The van der Waals surface area contributed by atoms with Crippen LogP contribution in [-0.2, 0) is 0 Å². The zero-order valence-electron chi connectivity index (χ0n) is 30.7. The van der Waals surface area contributed by atoms with Crippen LogP contribution in [0, 0.1) is 0 Å². The molecule has 0 saturated carbocycles. The van der Waals surface area contributed by atoms with Crippen LogP contribution >= 0.6 is 0 Å². The number of aromatic nitrogens is 2. The lowest BCUT2D eigenvalue weighted by Crippen LogP contribution is -2.20. The number of nitrogens with one attached hydrogen (secondary N) is 1. The van der Waals surface area contributed by atoms with Crippen LogP contribution in [0.3, 0.4) is 0 Å². The molecule has 3 nitrogen and oxygen atoms in total. The highest BCUT2D eigenvalue weighted by Crippen LogP contribution is 2.38. The fourth-order valence-electron chi connectivity index (χ4n) is 8.66. The van der Waals surface area contributed by atoms with Gasteiger partial charge in [-0.05, 0) is 94.1 Å². The molecule has 8 aromatic carbocycles. The van der Waals surface area contributed by atoms with Crippen molar-refractivity contribution in [3.05, 3.63) is 223 Å². The summed E-state index contributed by atoms with van der Waals surface area (Å²) < 4.78 is 4.80. The molecule has 11 rings (SSSR count). The highest BCUT2D eigenvalue weighted by molar-refractivity contribution is 6.12. The monoisotopic (exact) mass is 715 g/mol. The number of hydrogen-bond donors (Lipinski definition) is 1. The van der Waals surface area contributed by atoms with E-state index in [4.69, 9.17) is 0 Å². The summed E-state index contributed by atoms with van der Waals surface area (Å²) in [6, 6.07) is 70.5. The van der Waals surface area contributed by atoms with Crippen LogP contribution in [0.25, 0.3) is 82.9 Å². The van der Waals surface area contributed by atoms with Crippen LogP contribution in [0.2, 0.25) is 0 Å². The lowest BCUT2D eigenvalue weighted by molar-refractivity contribution is 0.764. The number of fused-ring (bicyclic) bond motifs is 6. The van der Waals surface area contributed by atoms with Crippen molar-refractivity contribution in [3.63, 3.8) is 0 Å². The molecule has 1 aliphatic heterocycles. The molecular formula is C53H37N3. The van der Waals surface area contributed by atoms with Crippen molar-refractivity contribution < 1.29 is 0 Å². The van der Waals surface area contributed by atoms with E-state index in [-0.39, 0.29) is 6.04 Å². The molecule has 0 fully saturated rings. The van der Waals surface area contributed by atoms with E-state index >= 15 is 0 Å². The maximum atomic E-state index is 3.82. The summed E-state index contributed by atoms with van der Waals surface area (Å²) in [7, 11) is 0. The molecule has 56 heavy (non-hydrogen) atoms. The molecule has 1 unspecified atom stereocenters. The van der Waals surface area contributed by atoms with Crippen molar-refractivity contribution in [3.8, 4) is 33.6 Å². The number of para-hydroxylation sites is 3. The SMILES string of the molecule is C1=CC(c2ccc(-c3ccccc3)cc2)NC(c2cccc(-n3c4ccccc4c4cc(-c5ccc6c7ccccc7n(-c7ccccc7)c6c5)ccc43)c2)=C1. The van der Waals surface area contributed by atoms with Gasteiger partial charge in [0.2, 0.25) is 0 Å². The Morgan fingerprint density at radius 1 is 0.357 bits per heavy atom. The maximum Gasteiger partial charge on any atom is 0.0701 e. The number of hydrogen-bond acceptors (Lipinski definition) is 1. The van der Waals surface area contributed by atoms with Gasteiger partial charge in [0.1, 0.15) is 0 Å². The fraction of sp³-hybridized carbons (Fsp3) is 0.0189. The first kappa shape index (κ1) is 32.1. The highest BCUT2D eigenvalue weighted by atomic mass is 15.0. The number of nitrogens with zero attached hydrogens (tertiary/aromatic N) is 2. The molecule has 3 heterocycles. The summed E-state index contributed by atoms with van der Waals surface area (Å²) in [5.74, 6) is 0. The Labute approximate surface area is 325 Å².